The van der Waals surface area contributed by atoms with Crippen LogP contribution < -0.4 is 4.90 Å². The molecule has 6 heteroatoms. The summed E-state index contributed by atoms with van der Waals surface area (Å²) in [5.41, 5.74) is 1.34. The summed E-state index contributed by atoms with van der Waals surface area (Å²) >= 11 is 0. The minimum absolute atomic E-state index is 0.204. The van der Waals surface area contributed by atoms with E-state index in [9.17, 15) is 4.79 Å². The fourth-order valence-electron chi connectivity index (χ4n) is 6.00. The number of rotatable bonds is 5. The standard InChI is InChI=1S/C20H33N5.C6H12.C4H8O/c1-4-23-9-7-16(8-10-23)17-11-21-20(22-12-17)25-18-5-6-19(25)14-24(13-18)15(2)3;1-2-4-6-5-3-1;1-4(2)3-5/h11-12,15-16,18-19H,4-10,13-14H2,1-3H3;1-6H2;3-4H,1-2H3. The van der Waals surface area contributed by atoms with Crippen LogP contribution in [0.3, 0.4) is 0 Å². The Kier molecular flexibility index (Phi) is 12.1. The number of piperazine rings is 1. The molecule has 36 heavy (non-hydrogen) atoms. The largest absolute Gasteiger partial charge is 0.332 e. The Hall–Kier alpha value is -1.53. The number of aldehydes is 1. The monoisotopic (exact) mass is 499 g/mol. The third kappa shape index (κ3) is 8.51. The summed E-state index contributed by atoms with van der Waals surface area (Å²) in [6.45, 7) is 16.5. The molecule has 2 atom stereocenters. The molecule has 0 amide bonds. The second-order valence-electron chi connectivity index (χ2n) is 11.9. The maximum atomic E-state index is 9.50. The van der Waals surface area contributed by atoms with Gasteiger partial charge in [0.2, 0.25) is 5.95 Å². The lowest BCUT2D eigenvalue weighted by atomic mass is 9.91. The van der Waals surface area contributed by atoms with Gasteiger partial charge in [0.1, 0.15) is 6.29 Å². The summed E-state index contributed by atoms with van der Waals surface area (Å²) < 4.78 is 0. The second-order valence-corrected chi connectivity index (χ2v) is 11.9. The number of fused-ring (bicyclic) bond motifs is 2. The lowest BCUT2D eigenvalue weighted by Crippen LogP contribution is -2.56. The van der Waals surface area contributed by atoms with Gasteiger partial charge < -0.3 is 14.6 Å². The van der Waals surface area contributed by atoms with Gasteiger partial charge in [-0.1, -0.05) is 59.3 Å². The smallest absolute Gasteiger partial charge is 0.225 e. The first-order valence-electron chi connectivity index (χ1n) is 14.9. The van der Waals surface area contributed by atoms with Crippen molar-refractivity contribution in [3.8, 4) is 0 Å². The summed E-state index contributed by atoms with van der Waals surface area (Å²) in [5, 5.41) is 0. The van der Waals surface area contributed by atoms with Crippen LogP contribution >= 0.6 is 0 Å². The highest BCUT2D eigenvalue weighted by atomic mass is 16.1. The van der Waals surface area contributed by atoms with E-state index in [1.807, 2.05) is 13.8 Å². The van der Waals surface area contributed by atoms with Crippen molar-refractivity contribution in [2.45, 2.75) is 123 Å². The van der Waals surface area contributed by atoms with E-state index in [0.29, 0.717) is 24.0 Å². The summed E-state index contributed by atoms with van der Waals surface area (Å²) in [4.78, 5) is 26.8. The van der Waals surface area contributed by atoms with Gasteiger partial charge in [-0.15, -0.1) is 0 Å². The summed E-state index contributed by atoms with van der Waals surface area (Å²) in [6, 6.07) is 1.84. The van der Waals surface area contributed by atoms with Gasteiger partial charge in [-0.25, -0.2) is 9.97 Å². The summed E-state index contributed by atoms with van der Waals surface area (Å²) in [6.07, 6.45) is 19.2. The molecule has 3 aliphatic heterocycles. The fourth-order valence-corrected chi connectivity index (χ4v) is 6.00. The lowest BCUT2D eigenvalue weighted by molar-refractivity contribution is -0.110. The fraction of sp³-hybridized carbons (Fsp3) is 0.833. The van der Waals surface area contributed by atoms with E-state index >= 15 is 0 Å². The molecule has 2 bridgehead atoms. The number of hydrogen-bond donors (Lipinski definition) is 0. The highest BCUT2D eigenvalue weighted by Crippen LogP contribution is 2.34. The molecular weight excluding hydrogens is 446 g/mol. The normalized spacial score (nSPS) is 25.2. The van der Waals surface area contributed by atoms with Crippen LogP contribution in [-0.4, -0.2) is 76.9 Å². The zero-order chi connectivity index (χ0) is 25.9. The summed E-state index contributed by atoms with van der Waals surface area (Å²) in [5.74, 6) is 1.81. The first-order valence-corrected chi connectivity index (χ1v) is 14.9. The van der Waals surface area contributed by atoms with Crippen LogP contribution in [0.1, 0.15) is 110 Å². The van der Waals surface area contributed by atoms with Gasteiger partial charge in [0.25, 0.3) is 0 Å². The number of likely N-dealkylation sites (tertiary alicyclic amines) is 2. The first-order chi connectivity index (χ1) is 17.4. The maximum absolute atomic E-state index is 9.50. The predicted octanol–water partition coefficient (Wildman–Crippen LogP) is 5.92. The number of nitrogens with zero attached hydrogens (tertiary/aromatic N) is 5. The van der Waals surface area contributed by atoms with E-state index in [1.165, 1.54) is 89.4 Å². The van der Waals surface area contributed by atoms with Crippen molar-refractivity contribution < 1.29 is 4.79 Å². The molecule has 204 valence electrons. The number of carbonyl (C=O) groups is 1. The summed E-state index contributed by atoms with van der Waals surface area (Å²) in [7, 11) is 0. The molecule has 1 aromatic rings. The molecule has 1 aromatic heterocycles. The van der Waals surface area contributed by atoms with E-state index in [2.05, 4.69) is 47.9 Å². The predicted molar refractivity (Wildman–Crippen MR) is 151 cm³/mol. The molecule has 4 fully saturated rings. The van der Waals surface area contributed by atoms with Gasteiger partial charge in [-0.2, -0.15) is 0 Å². The molecule has 5 rings (SSSR count). The van der Waals surface area contributed by atoms with Gasteiger partial charge in [-0.05, 0) is 70.6 Å². The van der Waals surface area contributed by atoms with Crippen molar-refractivity contribution in [3.05, 3.63) is 18.0 Å². The topological polar surface area (TPSA) is 52.6 Å². The molecule has 1 aliphatic carbocycles. The average Bonchev–Trinajstić information content (AvgIpc) is 3.19. The molecule has 4 heterocycles. The number of carbonyl (C=O) groups excluding carboxylic acids is 1. The Balaban J connectivity index is 0.000000273. The molecule has 0 N–H and O–H groups in total. The van der Waals surface area contributed by atoms with Gasteiger partial charge in [0.15, 0.2) is 0 Å². The van der Waals surface area contributed by atoms with Crippen molar-refractivity contribution >= 4 is 12.2 Å². The minimum Gasteiger partial charge on any atom is -0.332 e. The highest BCUT2D eigenvalue weighted by molar-refractivity contribution is 5.51. The van der Waals surface area contributed by atoms with Crippen molar-refractivity contribution in [3.63, 3.8) is 0 Å². The van der Waals surface area contributed by atoms with Gasteiger partial charge in [-0.3, -0.25) is 4.90 Å². The number of hydrogen-bond acceptors (Lipinski definition) is 6. The van der Waals surface area contributed by atoms with Crippen LogP contribution in [-0.2, 0) is 4.79 Å². The molecule has 3 saturated heterocycles. The average molecular weight is 500 g/mol. The maximum Gasteiger partial charge on any atom is 0.225 e. The van der Waals surface area contributed by atoms with E-state index in [-0.39, 0.29) is 5.92 Å². The number of anilines is 1. The van der Waals surface area contributed by atoms with Crippen LogP contribution in [0.2, 0.25) is 0 Å². The van der Waals surface area contributed by atoms with Crippen molar-refractivity contribution in [2.24, 2.45) is 5.92 Å². The van der Waals surface area contributed by atoms with Crippen LogP contribution in [0, 0.1) is 5.92 Å². The van der Waals surface area contributed by atoms with E-state index < -0.39 is 0 Å². The Morgan fingerprint density at radius 2 is 1.33 bits per heavy atom. The second kappa shape index (κ2) is 15.0. The zero-order valence-corrected chi connectivity index (χ0v) is 23.9. The van der Waals surface area contributed by atoms with Crippen LogP contribution in [0.5, 0.6) is 0 Å². The van der Waals surface area contributed by atoms with Crippen molar-refractivity contribution in [2.75, 3.05) is 37.6 Å². The zero-order valence-electron chi connectivity index (χ0n) is 23.9. The molecule has 4 aliphatic rings. The minimum atomic E-state index is 0.204. The molecule has 0 radical (unpaired) electrons. The number of aromatic nitrogens is 2. The van der Waals surface area contributed by atoms with E-state index in [1.54, 1.807) is 0 Å². The molecule has 0 aromatic carbocycles. The van der Waals surface area contributed by atoms with Gasteiger partial charge in [0.05, 0.1) is 0 Å². The Bertz CT molecular complexity index is 715. The Labute approximate surface area is 221 Å². The lowest BCUT2D eigenvalue weighted by Gasteiger charge is -2.42. The van der Waals surface area contributed by atoms with Gasteiger partial charge >= 0.3 is 0 Å². The third-order valence-electron chi connectivity index (χ3n) is 8.41. The Morgan fingerprint density at radius 1 is 0.861 bits per heavy atom. The van der Waals surface area contributed by atoms with Crippen LogP contribution in [0.25, 0.3) is 0 Å². The Morgan fingerprint density at radius 3 is 1.72 bits per heavy atom. The van der Waals surface area contributed by atoms with E-state index in [4.69, 9.17) is 9.97 Å². The third-order valence-corrected chi connectivity index (χ3v) is 8.41. The van der Waals surface area contributed by atoms with Crippen LogP contribution in [0.15, 0.2) is 12.4 Å². The molecule has 6 nitrogen and oxygen atoms in total. The van der Waals surface area contributed by atoms with Crippen molar-refractivity contribution in [1.29, 1.82) is 0 Å². The van der Waals surface area contributed by atoms with Gasteiger partial charge in [0, 0.05) is 49.5 Å². The molecule has 2 unspecified atom stereocenters. The van der Waals surface area contributed by atoms with Crippen LogP contribution in [0.4, 0.5) is 5.95 Å². The first kappa shape index (κ1) is 29.0. The highest BCUT2D eigenvalue weighted by Gasteiger charge is 2.41. The van der Waals surface area contributed by atoms with Crippen molar-refractivity contribution in [1.82, 2.24) is 19.8 Å². The molecular formula is C30H53N5O. The number of piperidine rings is 1. The molecule has 0 spiro atoms. The van der Waals surface area contributed by atoms with E-state index in [0.717, 1.165) is 25.3 Å². The molecule has 1 saturated carbocycles. The quantitative estimate of drug-likeness (QED) is 0.469. The SMILES string of the molecule is C1CCCCC1.CC(C)C=O.CCN1CCC(c2cnc(N3C4CCC3CN(C(C)C)C4)nc2)CC1.